The van der Waals surface area contributed by atoms with Gasteiger partial charge in [0.2, 0.25) is 5.91 Å². The third-order valence-electron chi connectivity index (χ3n) is 3.84. The summed E-state index contributed by atoms with van der Waals surface area (Å²) in [6.07, 6.45) is 1.62. The molecule has 2 atom stereocenters. The van der Waals surface area contributed by atoms with E-state index in [2.05, 4.69) is 5.32 Å². The van der Waals surface area contributed by atoms with Gasteiger partial charge in [-0.15, -0.1) is 0 Å². The predicted octanol–water partition coefficient (Wildman–Crippen LogP) is 0.864. The number of rotatable bonds is 6. The van der Waals surface area contributed by atoms with Gasteiger partial charge in [0, 0.05) is 41.8 Å². The molecule has 0 saturated heterocycles. The number of imide groups is 1. The Hall–Kier alpha value is -2.02. The van der Waals surface area contributed by atoms with Crippen LogP contribution < -0.4 is 5.32 Å². The Morgan fingerprint density at radius 3 is 2.57 bits per heavy atom. The highest BCUT2D eigenvalue weighted by molar-refractivity contribution is 7.84. The van der Waals surface area contributed by atoms with Gasteiger partial charge in [0.05, 0.1) is 11.1 Å². The van der Waals surface area contributed by atoms with Crippen molar-refractivity contribution in [1.82, 2.24) is 10.2 Å². The minimum Gasteiger partial charge on any atom is -0.355 e. The number of amides is 3. The van der Waals surface area contributed by atoms with Crippen molar-refractivity contribution in [3.63, 3.8) is 0 Å². The summed E-state index contributed by atoms with van der Waals surface area (Å²) in [6, 6.07) is 5.11. The van der Waals surface area contributed by atoms with Gasteiger partial charge in [-0.2, -0.15) is 0 Å². The molecule has 0 bridgehead atoms. The number of aryl methyl sites for hydroxylation is 1. The van der Waals surface area contributed by atoms with Gasteiger partial charge in [-0.1, -0.05) is 11.6 Å². The fourth-order valence-corrected chi connectivity index (χ4v) is 2.60. The zero-order valence-electron chi connectivity index (χ0n) is 13.4. The number of nitrogens with zero attached hydrogens (tertiary/aromatic N) is 1. The molecule has 3 amide bonds. The van der Waals surface area contributed by atoms with Crippen LogP contribution in [0.3, 0.4) is 0 Å². The first kappa shape index (κ1) is 17.3. The van der Waals surface area contributed by atoms with Gasteiger partial charge in [-0.3, -0.25) is 23.5 Å². The van der Waals surface area contributed by atoms with E-state index in [1.807, 2.05) is 6.92 Å². The molecule has 1 aromatic carbocycles. The van der Waals surface area contributed by atoms with Crippen molar-refractivity contribution < 1.29 is 18.6 Å². The van der Waals surface area contributed by atoms with E-state index < -0.39 is 10.8 Å². The Bertz CT molecular complexity index is 687. The van der Waals surface area contributed by atoms with Crippen LogP contribution in [0.4, 0.5) is 0 Å². The molecule has 2 rings (SSSR count). The first-order chi connectivity index (χ1) is 10.8. The number of nitrogens with one attached hydrogen (secondary N) is 1. The first-order valence-corrected chi connectivity index (χ1v) is 8.99. The summed E-state index contributed by atoms with van der Waals surface area (Å²) in [6.45, 7) is 3.99. The average Bonchev–Trinajstić information content (AvgIpc) is 2.73. The largest absolute Gasteiger partial charge is 0.355 e. The van der Waals surface area contributed by atoms with E-state index in [0.29, 0.717) is 17.7 Å². The zero-order valence-corrected chi connectivity index (χ0v) is 14.2. The van der Waals surface area contributed by atoms with Crippen LogP contribution in [-0.4, -0.2) is 51.4 Å². The predicted molar refractivity (Wildman–Crippen MR) is 87.7 cm³/mol. The molecule has 1 aliphatic heterocycles. The van der Waals surface area contributed by atoms with Gasteiger partial charge in [0.1, 0.15) is 0 Å². The van der Waals surface area contributed by atoms with Crippen LogP contribution in [0.5, 0.6) is 0 Å². The number of benzene rings is 1. The van der Waals surface area contributed by atoms with Crippen LogP contribution in [0.2, 0.25) is 0 Å². The van der Waals surface area contributed by atoms with Crippen molar-refractivity contribution in [2.45, 2.75) is 25.5 Å². The molecular weight excluding hydrogens is 316 g/mol. The molecule has 0 saturated carbocycles. The van der Waals surface area contributed by atoms with E-state index in [9.17, 15) is 18.6 Å². The van der Waals surface area contributed by atoms with Crippen molar-refractivity contribution in [3.05, 3.63) is 34.9 Å². The Morgan fingerprint density at radius 2 is 1.91 bits per heavy atom. The number of fused-ring (bicyclic) bond motifs is 1. The fourth-order valence-electron chi connectivity index (χ4n) is 2.28. The number of hydrogen-bond acceptors (Lipinski definition) is 4. The summed E-state index contributed by atoms with van der Waals surface area (Å²) in [5.74, 6) is -0.986. The van der Waals surface area contributed by atoms with Crippen LogP contribution in [-0.2, 0) is 15.6 Å². The summed E-state index contributed by atoms with van der Waals surface area (Å²) in [5, 5.41) is 2.53. The second-order valence-electron chi connectivity index (χ2n) is 5.67. The lowest BCUT2D eigenvalue weighted by atomic mass is 10.1. The van der Waals surface area contributed by atoms with Crippen LogP contribution >= 0.6 is 0 Å². The topological polar surface area (TPSA) is 83.6 Å². The van der Waals surface area contributed by atoms with E-state index in [0.717, 1.165) is 10.5 Å². The first-order valence-electron chi connectivity index (χ1n) is 7.37. The van der Waals surface area contributed by atoms with Crippen LogP contribution in [0.15, 0.2) is 18.2 Å². The maximum atomic E-state index is 12.3. The highest BCUT2D eigenvalue weighted by Gasteiger charge is 2.35. The molecular formula is C16H20N2O4S. The van der Waals surface area contributed by atoms with Gasteiger partial charge < -0.3 is 5.32 Å². The maximum absolute atomic E-state index is 12.3. The zero-order chi connectivity index (χ0) is 17.1. The highest BCUT2D eigenvalue weighted by atomic mass is 32.2. The molecule has 1 heterocycles. The third kappa shape index (κ3) is 3.85. The average molecular weight is 336 g/mol. The maximum Gasteiger partial charge on any atom is 0.261 e. The standard InChI is InChI=1S/C16H20N2O4S/c1-10-4-5-12-13(8-10)16(21)18(15(12)20)7-6-14(19)17-9-11(2)23(3)22/h4-5,8,11H,6-7,9H2,1-3H3,(H,17,19)/t11-,23-/m1/s1. The molecule has 1 aromatic rings. The van der Waals surface area contributed by atoms with E-state index in [1.54, 1.807) is 31.4 Å². The number of hydrogen-bond donors (Lipinski definition) is 1. The summed E-state index contributed by atoms with van der Waals surface area (Å²) < 4.78 is 11.2. The monoisotopic (exact) mass is 336 g/mol. The Labute approximate surface area is 137 Å². The number of carbonyl (C=O) groups excluding carboxylic acids is 3. The van der Waals surface area contributed by atoms with Gasteiger partial charge in [0.25, 0.3) is 11.8 Å². The fraction of sp³-hybridized carbons (Fsp3) is 0.438. The molecule has 0 aromatic heterocycles. The molecule has 0 radical (unpaired) electrons. The van der Waals surface area contributed by atoms with Gasteiger partial charge in [-0.05, 0) is 26.0 Å². The Balaban J connectivity index is 1.92. The summed E-state index contributed by atoms with van der Waals surface area (Å²) >= 11 is 0. The molecule has 1 aliphatic rings. The number of carbonyl (C=O) groups is 3. The lowest BCUT2D eigenvalue weighted by molar-refractivity contribution is -0.121. The molecule has 23 heavy (non-hydrogen) atoms. The van der Waals surface area contributed by atoms with E-state index in [4.69, 9.17) is 0 Å². The molecule has 124 valence electrons. The second kappa shape index (κ2) is 7.04. The second-order valence-corrected chi connectivity index (χ2v) is 7.48. The van der Waals surface area contributed by atoms with E-state index in [1.165, 1.54) is 0 Å². The molecule has 0 aliphatic carbocycles. The van der Waals surface area contributed by atoms with Crippen LogP contribution in [0.25, 0.3) is 0 Å². The van der Waals surface area contributed by atoms with Crippen LogP contribution in [0, 0.1) is 6.92 Å². The summed E-state index contributed by atoms with van der Waals surface area (Å²) in [7, 11) is -1.01. The highest BCUT2D eigenvalue weighted by Crippen LogP contribution is 2.23. The summed E-state index contributed by atoms with van der Waals surface area (Å²) in [4.78, 5) is 37.4. The van der Waals surface area contributed by atoms with Gasteiger partial charge in [-0.25, -0.2) is 0 Å². The smallest absolute Gasteiger partial charge is 0.261 e. The SMILES string of the molecule is Cc1ccc2c(c1)C(=O)N(CCC(=O)NC[C@@H](C)[S@@](C)=O)C2=O. The lowest BCUT2D eigenvalue weighted by Gasteiger charge is -2.14. The van der Waals surface area contributed by atoms with Crippen molar-refractivity contribution >= 4 is 28.5 Å². The minimum atomic E-state index is -1.01. The Morgan fingerprint density at radius 1 is 1.26 bits per heavy atom. The quantitative estimate of drug-likeness (QED) is 0.781. The van der Waals surface area contributed by atoms with Gasteiger partial charge >= 0.3 is 0 Å². The lowest BCUT2D eigenvalue weighted by Crippen LogP contribution is -2.37. The molecule has 1 N–H and O–H groups in total. The molecule has 0 spiro atoms. The van der Waals surface area contributed by atoms with Crippen molar-refractivity contribution in [3.8, 4) is 0 Å². The molecule has 6 nitrogen and oxygen atoms in total. The van der Waals surface area contributed by atoms with Crippen molar-refractivity contribution in [2.75, 3.05) is 19.3 Å². The molecule has 0 unspecified atom stereocenters. The van der Waals surface area contributed by atoms with Crippen molar-refractivity contribution in [2.24, 2.45) is 0 Å². The molecule has 7 heteroatoms. The van der Waals surface area contributed by atoms with Crippen molar-refractivity contribution in [1.29, 1.82) is 0 Å². The normalized spacial score (nSPS) is 16.2. The van der Waals surface area contributed by atoms with E-state index in [-0.39, 0.29) is 35.9 Å². The summed E-state index contributed by atoms with van der Waals surface area (Å²) in [5.41, 5.74) is 1.69. The molecule has 0 fully saturated rings. The Kier molecular flexibility index (Phi) is 5.30. The van der Waals surface area contributed by atoms with Crippen LogP contribution in [0.1, 0.15) is 39.6 Å². The third-order valence-corrected chi connectivity index (χ3v) is 5.14. The van der Waals surface area contributed by atoms with E-state index >= 15 is 0 Å². The van der Waals surface area contributed by atoms with Gasteiger partial charge in [0.15, 0.2) is 0 Å². The minimum absolute atomic E-state index is 0.0352.